The van der Waals surface area contributed by atoms with E-state index in [9.17, 15) is 9.59 Å². The van der Waals surface area contributed by atoms with Crippen LogP contribution in [0.1, 0.15) is 176 Å². The molecular weight excluding hydrogens is 570 g/mol. The molecule has 0 radical (unpaired) electrons. The maximum Gasteiger partial charge on any atom is 0.305 e. The van der Waals surface area contributed by atoms with Gasteiger partial charge in [-0.3, -0.25) is 9.59 Å². The fourth-order valence-electron chi connectivity index (χ4n) is 6.74. The van der Waals surface area contributed by atoms with Gasteiger partial charge in [0.1, 0.15) is 0 Å². The minimum absolute atomic E-state index is 0.0234. The molecule has 0 aliphatic carbocycles. The molecule has 8 nitrogen and oxygen atoms in total. The Morgan fingerprint density at radius 2 is 1.00 bits per heavy atom. The standard InChI is InChI=1S/C37H69NO7/c1-7-8-19-24-30-32(44-36(2,3)42-30)29-33-31(43-37(4,5)45-33)25-20-15-14-16-21-26-34(39)38-28-23-18-13-11-9-10-12-17-22-27-35(40)41-6/h30-33H,7-29H2,1-6H3,(H,38,39). The molecule has 2 rings (SSSR count). The third-order valence-corrected chi connectivity index (χ3v) is 9.13. The van der Waals surface area contributed by atoms with Gasteiger partial charge >= 0.3 is 5.97 Å². The normalized spacial score (nSPS) is 23.8. The van der Waals surface area contributed by atoms with Crippen LogP contribution in [0.2, 0.25) is 0 Å². The molecule has 264 valence electrons. The summed E-state index contributed by atoms with van der Waals surface area (Å²) in [4.78, 5) is 23.3. The Kier molecular flexibility index (Phi) is 19.9. The number of rotatable bonds is 26. The number of carbonyl (C=O) groups is 2. The molecule has 0 saturated carbocycles. The van der Waals surface area contributed by atoms with Gasteiger partial charge in [-0.25, -0.2) is 0 Å². The van der Waals surface area contributed by atoms with Gasteiger partial charge in [0.05, 0.1) is 31.5 Å². The molecular formula is C37H69NO7. The molecule has 1 N–H and O–H groups in total. The first-order chi connectivity index (χ1) is 21.5. The fourth-order valence-corrected chi connectivity index (χ4v) is 6.74. The van der Waals surface area contributed by atoms with Crippen molar-refractivity contribution in [2.75, 3.05) is 13.7 Å². The average Bonchev–Trinajstić information content (AvgIpc) is 3.44. The average molecular weight is 640 g/mol. The van der Waals surface area contributed by atoms with Gasteiger partial charge in [0.25, 0.3) is 0 Å². The van der Waals surface area contributed by atoms with Crippen LogP contribution in [0.15, 0.2) is 0 Å². The van der Waals surface area contributed by atoms with Crippen LogP contribution in [-0.2, 0) is 33.3 Å². The highest BCUT2D eigenvalue weighted by molar-refractivity contribution is 5.75. The van der Waals surface area contributed by atoms with Crippen molar-refractivity contribution in [1.29, 1.82) is 0 Å². The Balaban J connectivity index is 1.48. The Morgan fingerprint density at radius 3 is 1.51 bits per heavy atom. The highest BCUT2D eigenvalue weighted by Gasteiger charge is 2.47. The molecule has 4 atom stereocenters. The second-order valence-electron chi connectivity index (χ2n) is 14.3. The molecule has 1 amide bonds. The number of ether oxygens (including phenoxy) is 5. The van der Waals surface area contributed by atoms with Crippen molar-refractivity contribution in [2.45, 2.75) is 212 Å². The maximum absolute atomic E-state index is 12.2. The van der Waals surface area contributed by atoms with Gasteiger partial charge < -0.3 is 29.0 Å². The van der Waals surface area contributed by atoms with Crippen LogP contribution in [0.5, 0.6) is 0 Å². The number of hydrogen-bond acceptors (Lipinski definition) is 7. The molecule has 2 saturated heterocycles. The summed E-state index contributed by atoms with van der Waals surface area (Å²) in [5, 5.41) is 3.10. The number of methoxy groups -OCH3 is 1. The van der Waals surface area contributed by atoms with E-state index in [1.165, 1.54) is 64.9 Å². The van der Waals surface area contributed by atoms with Crippen LogP contribution < -0.4 is 5.32 Å². The van der Waals surface area contributed by atoms with Gasteiger partial charge in [0.15, 0.2) is 11.6 Å². The zero-order valence-electron chi connectivity index (χ0n) is 29.9. The number of esters is 1. The van der Waals surface area contributed by atoms with Crippen molar-refractivity contribution >= 4 is 11.9 Å². The van der Waals surface area contributed by atoms with E-state index in [2.05, 4.69) is 17.0 Å². The smallest absolute Gasteiger partial charge is 0.305 e. The lowest BCUT2D eigenvalue weighted by molar-refractivity contribution is -0.157. The second-order valence-corrected chi connectivity index (χ2v) is 14.3. The summed E-state index contributed by atoms with van der Waals surface area (Å²) in [5.41, 5.74) is 0. The quantitative estimate of drug-likeness (QED) is 0.0746. The van der Waals surface area contributed by atoms with Crippen molar-refractivity contribution in [3.63, 3.8) is 0 Å². The van der Waals surface area contributed by atoms with E-state index < -0.39 is 11.6 Å². The van der Waals surface area contributed by atoms with E-state index >= 15 is 0 Å². The van der Waals surface area contributed by atoms with Crippen molar-refractivity contribution < 1.29 is 33.3 Å². The van der Waals surface area contributed by atoms with E-state index in [1.54, 1.807) is 0 Å². The number of carbonyl (C=O) groups excluding carboxylic acids is 2. The maximum atomic E-state index is 12.2. The topological polar surface area (TPSA) is 92.3 Å². The predicted octanol–water partition coefficient (Wildman–Crippen LogP) is 8.92. The Hall–Kier alpha value is -1.22. The molecule has 8 heteroatoms. The van der Waals surface area contributed by atoms with E-state index in [0.717, 1.165) is 77.2 Å². The predicted molar refractivity (Wildman–Crippen MR) is 180 cm³/mol. The molecule has 2 heterocycles. The van der Waals surface area contributed by atoms with Crippen molar-refractivity contribution in [3.8, 4) is 0 Å². The SMILES string of the molecule is CCCCCC1OC(C)(C)OC1CC1OC(C)(C)OC1CCCCCCCC(=O)NCCCCCCCCCCCC(=O)OC. The summed E-state index contributed by atoms with van der Waals surface area (Å²) in [6.45, 7) is 11.1. The van der Waals surface area contributed by atoms with Crippen LogP contribution in [0.3, 0.4) is 0 Å². The summed E-state index contributed by atoms with van der Waals surface area (Å²) in [5.74, 6) is -1.02. The van der Waals surface area contributed by atoms with Gasteiger partial charge in [-0.05, 0) is 59.8 Å². The molecule has 0 aromatic heterocycles. The van der Waals surface area contributed by atoms with Crippen LogP contribution >= 0.6 is 0 Å². The van der Waals surface area contributed by atoms with Gasteiger partial charge in [-0.15, -0.1) is 0 Å². The Bertz CT molecular complexity index is 802. The van der Waals surface area contributed by atoms with Crippen molar-refractivity contribution in [3.05, 3.63) is 0 Å². The lowest BCUT2D eigenvalue weighted by atomic mass is 9.96. The molecule has 2 aliphatic heterocycles. The molecule has 0 spiro atoms. The first-order valence-electron chi connectivity index (χ1n) is 18.6. The summed E-state index contributed by atoms with van der Waals surface area (Å²) >= 11 is 0. The van der Waals surface area contributed by atoms with E-state index in [0.29, 0.717) is 12.8 Å². The molecule has 2 fully saturated rings. The first-order valence-corrected chi connectivity index (χ1v) is 18.6. The molecule has 4 unspecified atom stereocenters. The minimum atomic E-state index is -0.566. The number of amides is 1. The van der Waals surface area contributed by atoms with E-state index in [-0.39, 0.29) is 36.3 Å². The summed E-state index contributed by atoms with van der Waals surface area (Å²) in [6, 6.07) is 0. The van der Waals surface area contributed by atoms with Gasteiger partial charge in [-0.2, -0.15) is 0 Å². The van der Waals surface area contributed by atoms with E-state index in [4.69, 9.17) is 18.9 Å². The van der Waals surface area contributed by atoms with E-state index in [1.807, 2.05) is 27.7 Å². The number of unbranched alkanes of at least 4 members (excludes halogenated alkanes) is 14. The van der Waals surface area contributed by atoms with Gasteiger partial charge in [0, 0.05) is 25.8 Å². The zero-order valence-corrected chi connectivity index (χ0v) is 29.9. The molecule has 0 aromatic rings. The number of hydrogen-bond donors (Lipinski definition) is 1. The molecule has 2 aliphatic rings. The molecule has 0 bridgehead atoms. The zero-order chi connectivity index (χ0) is 33.0. The monoisotopic (exact) mass is 640 g/mol. The van der Waals surface area contributed by atoms with Crippen LogP contribution in [-0.4, -0.2) is 61.5 Å². The summed E-state index contributed by atoms with van der Waals surface area (Å²) in [6.07, 6.45) is 23.8. The van der Waals surface area contributed by atoms with Gasteiger partial charge in [-0.1, -0.05) is 96.8 Å². The fraction of sp³-hybridized carbons (Fsp3) is 0.946. The minimum Gasteiger partial charge on any atom is -0.469 e. The Morgan fingerprint density at radius 1 is 0.578 bits per heavy atom. The van der Waals surface area contributed by atoms with Crippen molar-refractivity contribution in [1.82, 2.24) is 5.32 Å². The van der Waals surface area contributed by atoms with Crippen LogP contribution in [0.25, 0.3) is 0 Å². The number of nitrogens with one attached hydrogen (secondary N) is 1. The summed E-state index contributed by atoms with van der Waals surface area (Å²) < 4.78 is 30.0. The third-order valence-electron chi connectivity index (χ3n) is 9.13. The molecule has 45 heavy (non-hydrogen) atoms. The lowest BCUT2D eigenvalue weighted by Crippen LogP contribution is -2.33. The highest BCUT2D eigenvalue weighted by atomic mass is 16.8. The second kappa shape index (κ2) is 22.4. The van der Waals surface area contributed by atoms with Crippen LogP contribution in [0, 0.1) is 0 Å². The largest absolute Gasteiger partial charge is 0.469 e. The highest BCUT2D eigenvalue weighted by Crippen LogP contribution is 2.39. The summed E-state index contributed by atoms with van der Waals surface area (Å²) in [7, 11) is 1.45. The molecule has 0 aromatic carbocycles. The lowest BCUT2D eigenvalue weighted by Gasteiger charge is -2.23. The van der Waals surface area contributed by atoms with Crippen LogP contribution in [0.4, 0.5) is 0 Å². The van der Waals surface area contributed by atoms with Crippen molar-refractivity contribution in [2.24, 2.45) is 0 Å². The third kappa shape index (κ3) is 18.1. The van der Waals surface area contributed by atoms with Gasteiger partial charge in [0.2, 0.25) is 5.91 Å². The Labute approximate surface area is 275 Å². The first kappa shape index (κ1) is 40.0.